The molecule has 4 heteroatoms. The number of carbonyl (C=O) groups excluding carboxylic acids is 1. The first kappa shape index (κ1) is 12.1. The number of aromatic hydroxyl groups is 2. The Morgan fingerprint density at radius 3 is 2.88 bits per heavy atom. The van der Waals surface area contributed by atoms with Crippen LogP contribution in [0.4, 0.5) is 0 Å². The molecule has 1 aromatic carbocycles. The number of nitrogens with one attached hydrogen (secondary N) is 1. The number of amides is 1. The maximum absolute atomic E-state index is 11.6. The van der Waals surface area contributed by atoms with E-state index in [1.54, 1.807) is 0 Å². The highest BCUT2D eigenvalue weighted by Crippen LogP contribution is 2.21. The predicted octanol–water partition coefficient (Wildman–Crippen LogP) is 1.79. The second kappa shape index (κ2) is 5.80. The molecular weight excluding hydrogens is 206 g/mol. The molecule has 0 saturated carbocycles. The van der Waals surface area contributed by atoms with Crippen molar-refractivity contribution < 1.29 is 15.0 Å². The summed E-state index contributed by atoms with van der Waals surface area (Å²) in [5.41, 5.74) is 0.0838. The fraction of sp³-hybridized carbons (Fsp3) is 0.250. The third kappa shape index (κ3) is 3.31. The van der Waals surface area contributed by atoms with Crippen LogP contribution in [0.5, 0.6) is 11.5 Å². The average molecular weight is 221 g/mol. The Morgan fingerprint density at radius 1 is 1.44 bits per heavy atom. The molecule has 0 saturated heterocycles. The van der Waals surface area contributed by atoms with Gasteiger partial charge in [-0.05, 0) is 31.5 Å². The number of phenols is 2. The summed E-state index contributed by atoms with van der Waals surface area (Å²) in [6.07, 6.45) is 4.57. The third-order valence-electron chi connectivity index (χ3n) is 2.06. The minimum absolute atomic E-state index is 0.0450. The van der Waals surface area contributed by atoms with E-state index in [9.17, 15) is 15.0 Å². The van der Waals surface area contributed by atoms with Gasteiger partial charge in [0.2, 0.25) is 0 Å². The highest BCUT2D eigenvalue weighted by Gasteiger charge is 2.10. The van der Waals surface area contributed by atoms with Gasteiger partial charge in [-0.25, -0.2) is 0 Å². The van der Waals surface area contributed by atoms with Crippen LogP contribution in [0.2, 0.25) is 0 Å². The zero-order chi connectivity index (χ0) is 12.0. The fourth-order valence-electron chi connectivity index (χ4n) is 1.24. The summed E-state index contributed by atoms with van der Waals surface area (Å²) in [7, 11) is 0. The summed E-state index contributed by atoms with van der Waals surface area (Å²) >= 11 is 0. The van der Waals surface area contributed by atoms with Gasteiger partial charge in [0.25, 0.3) is 5.91 Å². The molecule has 16 heavy (non-hydrogen) atoms. The summed E-state index contributed by atoms with van der Waals surface area (Å²) < 4.78 is 0. The Balaban J connectivity index is 2.62. The van der Waals surface area contributed by atoms with E-state index in [4.69, 9.17) is 0 Å². The molecule has 0 radical (unpaired) electrons. The smallest absolute Gasteiger partial charge is 0.255 e. The van der Waals surface area contributed by atoms with Crippen molar-refractivity contribution in [3.63, 3.8) is 0 Å². The Kier molecular flexibility index (Phi) is 4.39. The topological polar surface area (TPSA) is 69.6 Å². The lowest BCUT2D eigenvalue weighted by Crippen LogP contribution is -2.24. The van der Waals surface area contributed by atoms with Gasteiger partial charge in [0.15, 0.2) is 0 Å². The predicted molar refractivity (Wildman–Crippen MR) is 61.5 cm³/mol. The number of rotatable bonds is 4. The van der Waals surface area contributed by atoms with E-state index in [0.29, 0.717) is 6.54 Å². The van der Waals surface area contributed by atoms with Crippen LogP contribution < -0.4 is 5.32 Å². The van der Waals surface area contributed by atoms with E-state index in [1.165, 1.54) is 18.2 Å². The van der Waals surface area contributed by atoms with Crippen molar-refractivity contribution in [3.05, 3.63) is 35.9 Å². The number of carbonyl (C=O) groups is 1. The van der Waals surface area contributed by atoms with Gasteiger partial charge in [0.1, 0.15) is 11.5 Å². The second-order valence-corrected chi connectivity index (χ2v) is 3.32. The van der Waals surface area contributed by atoms with Gasteiger partial charge in [-0.1, -0.05) is 12.2 Å². The van der Waals surface area contributed by atoms with Crippen molar-refractivity contribution in [2.24, 2.45) is 0 Å². The van der Waals surface area contributed by atoms with Crippen LogP contribution in [-0.2, 0) is 0 Å². The Morgan fingerprint density at radius 2 is 2.19 bits per heavy atom. The molecule has 0 spiro atoms. The standard InChI is InChI=1S/C12H15NO3/c1-2-3-4-7-13-12(16)10-8-9(14)5-6-11(10)15/h2-3,5-6,8,14-15H,4,7H2,1H3,(H,13,16)/b3-2+. The number of benzene rings is 1. The summed E-state index contributed by atoms with van der Waals surface area (Å²) in [6, 6.07) is 3.85. The monoisotopic (exact) mass is 221 g/mol. The molecule has 3 N–H and O–H groups in total. The molecule has 0 aliphatic rings. The number of allylic oxidation sites excluding steroid dienone is 1. The van der Waals surface area contributed by atoms with Gasteiger partial charge in [-0.3, -0.25) is 4.79 Å². The summed E-state index contributed by atoms with van der Waals surface area (Å²) in [6.45, 7) is 2.40. The number of hydrogen-bond donors (Lipinski definition) is 3. The maximum Gasteiger partial charge on any atom is 0.255 e. The van der Waals surface area contributed by atoms with Gasteiger partial charge in [-0.2, -0.15) is 0 Å². The largest absolute Gasteiger partial charge is 0.508 e. The lowest BCUT2D eigenvalue weighted by molar-refractivity contribution is 0.0951. The van der Waals surface area contributed by atoms with E-state index < -0.39 is 5.91 Å². The molecular formula is C12H15NO3. The van der Waals surface area contributed by atoms with E-state index in [1.807, 2.05) is 19.1 Å². The quantitative estimate of drug-likeness (QED) is 0.412. The van der Waals surface area contributed by atoms with Crippen LogP contribution in [0.3, 0.4) is 0 Å². The van der Waals surface area contributed by atoms with Crippen molar-refractivity contribution in [1.29, 1.82) is 0 Å². The molecule has 0 fully saturated rings. The third-order valence-corrected chi connectivity index (χ3v) is 2.06. The molecule has 0 aliphatic carbocycles. The lowest BCUT2D eigenvalue weighted by Gasteiger charge is -2.05. The normalized spacial score (nSPS) is 10.6. The molecule has 1 rings (SSSR count). The summed E-state index contributed by atoms with van der Waals surface area (Å²) in [5, 5.41) is 21.3. The SMILES string of the molecule is C/C=C/CCNC(=O)c1cc(O)ccc1O. The van der Waals surface area contributed by atoms with Gasteiger partial charge in [0.05, 0.1) is 5.56 Å². The molecule has 0 aliphatic heterocycles. The van der Waals surface area contributed by atoms with Crippen molar-refractivity contribution >= 4 is 5.91 Å². The Labute approximate surface area is 94.2 Å². The average Bonchev–Trinajstić information content (AvgIpc) is 2.27. The molecule has 1 amide bonds. The number of hydrogen-bond acceptors (Lipinski definition) is 3. The van der Waals surface area contributed by atoms with Crippen molar-refractivity contribution in [2.45, 2.75) is 13.3 Å². The highest BCUT2D eigenvalue weighted by atomic mass is 16.3. The molecule has 4 nitrogen and oxygen atoms in total. The maximum atomic E-state index is 11.6. The van der Waals surface area contributed by atoms with Gasteiger partial charge in [0, 0.05) is 6.54 Å². The first-order valence-corrected chi connectivity index (χ1v) is 5.06. The van der Waals surface area contributed by atoms with Gasteiger partial charge < -0.3 is 15.5 Å². The van der Waals surface area contributed by atoms with Crippen LogP contribution in [0, 0.1) is 0 Å². The van der Waals surface area contributed by atoms with Crippen LogP contribution in [0.1, 0.15) is 23.7 Å². The Bertz CT molecular complexity index is 399. The van der Waals surface area contributed by atoms with Crippen LogP contribution in [-0.4, -0.2) is 22.7 Å². The second-order valence-electron chi connectivity index (χ2n) is 3.32. The van der Waals surface area contributed by atoms with Gasteiger partial charge in [-0.15, -0.1) is 0 Å². The van der Waals surface area contributed by atoms with Crippen molar-refractivity contribution in [3.8, 4) is 11.5 Å². The zero-order valence-electron chi connectivity index (χ0n) is 9.10. The van der Waals surface area contributed by atoms with Crippen LogP contribution >= 0.6 is 0 Å². The molecule has 0 heterocycles. The van der Waals surface area contributed by atoms with E-state index in [0.717, 1.165) is 6.42 Å². The highest BCUT2D eigenvalue weighted by molar-refractivity contribution is 5.97. The minimum Gasteiger partial charge on any atom is -0.508 e. The van der Waals surface area contributed by atoms with Gasteiger partial charge >= 0.3 is 0 Å². The Hall–Kier alpha value is -1.97. The summed E-state index contributed by atoms with van der Waals surface area (Å²) in [5.74, 6) is -0.573. The lowest BCUT2D eigenvalue weighted by atomic mass is 10.1. The minimum atomic E-state index is -0.391. The zero-order valence-corrected chi connectivity index (χ0v) is 9.10. The number of phenolic OH excluding ortho intramolecular Hbond substituents is 2. The van der Waals surface area contributed by atoms with Crippen LogP contribution in [0.15, 0.2) is 30.4 Å². The molecule has 0 unspecified atom stereocenters. The van der Waals surface area contributed by atoms with E-state index >= 15 is 0 Å². The molecule has 86 valence electrons. The molecule has 0 bridgehead atoms. The molecule has 1 aromatic rings. The van der Waals surface area contributed by atoms with Crippen molar-refractivity contribution in [1.82, 2.24) is 5.32 Å². The first-order chi connectivity index (χ1) is 7.65. The molecule has 0 aromatic heterocycles. The van der Waals surface area contributed by atoms with Crippen LogP contribution in [0.25, 0.3) is 0 Å². The first-order valence-electron chi connectivity index (χ1n) is 5.06. The molecule has 0 atom stereocenters. The summed E-state index contributed by atoms with van der Waals surface area (Å²) in [4.78, 5) is 11.6. The van der Waals surface area contributed by atoms with E-state index in [2.05, 4.69) is 5.32 Å². The van der Waals surface area contributed by atoms with Crippen molar-refractivity contribution in [2.75, 3.05) is 6.54 Å². The van der Waals surface area contributed by atoms with E-state index in [-0.39, 0.29) is 17.1 Å². The fourth-order valence-corrected chi connectivity index (χ4v) is 1.24.